The summed E-state index contributed by atoms with van der Waals surface area (Å²) in [7, 11) is 1.95. The largest absolute Gasteiger partial charge is 0.468 e. The van der Waals surface area contributed by atoms with Gasteiger partial charge in [-0.1, -0.05) is 13.8 Å². The van der Waals surface area contributed by atoms with Gasteiger partial charge in [0, 0.05) is 25.2 Å². The van der Waals surface area contributed by atoms with E-state index in [0.717, 1.165) is 30.7 Å². The number of likely N-dealkylation sites (tertiary alicyclic amines) is 1. The molecule has 3 nitrogen and oxygen atoms in total. The third-order valence-electron chi connectivity index (χ3n) is 3.53. The van der Waals surface area contributed by atoms with Gasteiger partial charge in [-0.2, -0.15) is 0 Å². The number of nitrogens with one attached hydrogen (secondary N) is 1. The van der Waals surface area contributed by atoms with Crippen LogP contribution in [-0.4, -0.2) is 25.0 Å². The minimum Gasteiger partial charge on any atom is -0.468 e. The molecule has 1 aliphatic rings. The lowest BCUT2D eigenvalue weighted by Gasteiger charge is -2.12. The molecule has 2 heterocycles. The Hall–Kier alpha value is -0.800. The molecule has 3 heteroatoms. The van der Waals surface area contributed by atoms with Gasteiger partial charge in [-0.25, -0.2) is 0 Å². The summed E-state index contributed by atoms with van der Waals surface area (Å²) in [6, 6.07) is 2.16. The van der Waals surface area contributed by atoms with Crippen molar-refractivity contribution in [2.45, 2.75) is 26.9 Å². The van der Waals surface area contributed by atoms with Crippen LogP contribution in [0.25, 0.3) is 0 Å². The average molecular weight is 222 g/mol. The predicted molar refractivity (Wildman–Crippen MR) is 65.1 cm³/mol. The van der Waals surface area contributed by atoms with Crippen molar-refractivity contribution < 1.29 is 4.42 Å². The molecule has 1 N–H and O–H groups in total. The van der Waals surface area contributed by atoms with Crippen LogP contribution in [0.15, 0.2) is 16.7 Å². The van der Waals surface area contributed by atoms with Crippen molar-refractivity contribution in [3.63, 3.8) is 0 Å². The number of rotatable bonds is 4. The molecule has 1 aromatic rings. The summed E-state index contributed by atoms with van der Waals surface area (Å²) in [6.45, 7) is 8.90. The average Bonchev–Trinajstić information content (AvgIpc) is 2.77. The van der Waals surface area contributed by atoms with E-state index in [0.29, 0.717) is 0 Å². The van der Waals surface area contributed by atoms with Crippen LogP contribution in [0, 0.1) is 11.8 Å². The zero-order chi connectivity index (χ0) is 11.5. The second-order valence-electron chi connectivity index (χ2n) is 5.10. The van der Waals surface area contributed by atoms with Crippen molar-refractivity contribution >= 4 is 0 Å². The lowest BCUT2D eigenvalue weighted by atomic mass is 10.0. The Morgan fingerprint density at radius 1 is 1.38 bits per heavy atom. The molecule has 0 aliphatic carbocycles. The SMILES string of the molecule is CNCc1coc(CN2CC(C)C(C)C2)c1. The van der Waals surface area contributed by atoms with E-state index in [1.54, 1.807) is 0 Å². The summed E-state index contributed by atoms with van der Waals surface area (Å²) >= 11 is 0. The Labute approximate surface area is 97.8 Å². The summed E-state index contributed by atoms with van der Waals surface area (Å²) in [5.74, 6) is 2.71. The van der Waals surface area contributed by atoms with Gasteiger partial charge in [-0.3, -0.25) is 4.90 Å². The molecule has 0 aromatic carbocycles. The van der Waals surface area contributed by atoms with Gasteiger partial charge in [0.05, 0.1) is 12.8 Å². The molecule has 0 spiro atoms. The number of hydrogen-bond donors (Lipinski definition) is 1. The van der Waals surface area contributed by atoms with Gasteiger partial charge in [-0.05, 0) is 24.9 Å². The van der Waals surface area contributed by atoms with E-state index in [-0.39, 0.29) is 0 Å². The second kappa shape index (κ2) is 5.02. The van der Waals surface area contributed by atoms with E-state index in [2.05, 4.69) is 30.1 Å². The third-order valence-corrected chi connectivity index (χ3v) is 3.53. The van der Waals surface area contributed by atoms with E-state index in [1.807, 2.05) is 13.3 Å². The first-order valence-electron chi connectivity index (χ1n) is 6.12. The smallest absolute Gasteiger partial charge is 0.118 e. The Morgan fingerprint density at radius 2 is 2.06 bits per heavy atom. The number of furan rings is 1. The monoisotopic (exact) mass is 222 g/mol. The molecular weight excluding hydrogens is 200 g/mol. The molecule has 1 aliphatic heterocycles. The quantitative estimate of drug-likeness (QED) is 0.845. The van der Waals surface area contributed by atoms with Crippen LogP contribution in [0.2, 0.25) is 0 Å². The Bertz CT molecular complexity index is 324. The highest BCUT2D eigenvalue weighted by molar-refractivity contribution is 5.12. The number of hydrogen-bond acceptors (Lipinski definition) is 3. The van der Waals surface area contributed by atoms with E-state index in [4.69, 9.17) is 4.42 Å². The van der Waals surface area contributed by atoms with E-state index in [9.17, 15) is 0 Å². The second-order valence-corrected chi connectivity index (χ2v) is 5.10. The highest BCUT2D eigenvalue weighted by Gasteiger charge is 2.26. The minimum atomic E-state index is 0.812. The summed E-state index contributed by atoms with van der Waals surface area (Å²) in [4.78, 5) is 2.48. The molecule has 1 fully saturated rings. The number of nitrogens with zero attached hydrogens (tertiary/aromatic N) is 1. The van der Waals surface area contributed by atoms with Gasteiger partial charge in [0.2, 0.25) is 0 Å². The summed E-state index contributed by atoms with van der Waals surface area (Å²) in [5, 5.41) is 3.13. The van der Waals surface area contributed by atoms with Crippen molar-refractivity contribution in [3.05, 3.63) is 23.7 Å². The van der Waals surface area contributed by atoms with Crippen molar-refractivity contribution in [1.29, 1.82) is 0 Å². The maximum Gasteiger partial charge on any atom is 0.118 e. The van der Waals surface area contributed by atoms with Crippen molar-refractivity contribution in [1.82, 2.24) is 10.2 Å². The van der Waals surface area contributed by atoms with Crippen LogP contribution >= 0.6 is 0 Å². The summed E-state index contributed by atoms with van der Waals surface area (Å²) in [6.07, 6.45) is 1.86. The van der Waals surface area contributed by atoms with Gasteiger partial charge in [-0.15, -0.1) is 0 Å². The zero-order valence-corrected chi connectivity index (χ0v) is 10.5. The topological polar surface area (TPSA) is 28.4 Å². The molecule has 0 radical (unpaired) electrons. The Balaban J connectivity index is 1.89. The van der Waals surface area contributed by atoms with Crippen LogP contribution in [0.4, 0.5) is 0 Å². The van der Waals surface area contributed by atoms with Gasteiger partial charge in [0.1, 0.15) is 5.76 Å². The van der Waals surface area contributed by atoms with Gasteiger partial charge in [0.25, 0.3) is 0 Å². The highest BCUT2D eigenvalue weighted by atomic mass is 16.3. The minimum absolute atomic E-state index is 0.812. The molecule has 0 amide bonds. The summed E-state index contributed by atoms with van der Waals surface area (Å²) in [5.41, 5.74) is 1.23. The molecule has 2 atom stereocenters. The fraction of sp³-hybridized carbons (Fsp3) is 0.692. The lowest BCUT2D eigenvalue weighted by molar-refractivity contribution is 0.285. The lowest BCUT2D eigenvalue weighted by Crippen LogP contribution is -2.19. The molecule has 0 bridgehead atoms. The van der Waals surface area contributed by atoms with Gasteiger partial charge >= 0.3 is 0 Å². The van der Waals surface area contributed by atoms with E-state index >= 15 is 0 Å². The molecular formula is C13H22N2O. The standard InChI is InChI=1S/C13H22N2O/c1-10-6-15(7-11(10)2)8-13-4-12(5-14-3)9-16-13/h4,9-11,14H,5-8H2,1-3H3. The van der Waals surface area contributed by atoms with Crippen LogP contribution in [0.5, 0.6) is 0 Å². The van der Waals surface area contributed by atoms with Gasteiger partial charge < -0.3 is 9.73 Å². The first-order valence-corrected chi connectivity index (χ1v) is 6.12. The zero-order valence-electron chi connectivity index (χ0n) is 10.5. The Morgan fingerprint density at radius 3 is 2.69 bits per heavy atom. The van der Waals surface area contributed by atoms with Crippen LogP contribution in [0.1, 0.15) is 25.2 Å². The molecule has 1 aromatic heterocycles. The Kier molecular flexibility index (Phi) is 3.66. The predicted octanol–water partition coefficient (Wildman–Crippen LogP) is 2.09. The fourth-order valence-electron chi connectivity index (χ4n) is 2.40. The molecule has 2 unspecified atom stereocenters. The molecule has 0 saturated carbocycles. The molecule has 1 saturated heterocycles. The molecule has 16 heavy (non-hydrogen) atoms. The van der Waals surface area contributed by atoms with Crippen LogP contribution in [-0.2, 0) is 13.1 Å². The van der Waals surface area contributed by atoms with Gasteiger partial charge in [0.15, 0.2) is 0 Å². The highest BCUT2D eigenvalue weighted by Crippen LogP contribution is 2.24. The van der Waals surface area contributed by atoms with Crippen LogP contribution in [0.3, 0.4) is 0 Å². The molecule has 90 valence electrons. The first kappa shape index (κ1) is 11.7. The maximum absolute atomic E-state index is 5.57. The van der Waals surface area contributed by atoms with Crippen molar-refractivity contribution in [2.75, 3.05) is 20.1 Å². The van der Waals surface area contributed by atoms with E-state index in [1.165, 1.54) is 18.7 Å². The van der Waals surface area contributed by atoms with Crippen molar-refractivity contribution in [2.24, 2.45) is 11.8 Å². The first-order chi connectivity index (χ1) is 7.69. The van der Waals surface area contributed by atoms with Crippen LogP contribution < -0.4 is 5.32 Å². The third kappa shape index (κ3) is 2.66. The molecule has 2 rings (SSSR count). The summed E-state index contributed by atoms with van der Waals surface area (Å²) < 4.78 is 5.57. The maximum atomic E-state index is 5.57. The normalized spacial score (nSPS) is 26.4. The fourth-order valence-corrected chi connectivity index (χ4v) is 2.40. The van der Waals surface area contributed by atoms with E-state index < -0.39 is 0 Å². The van der Waals surface area contributed by atoms with Crippen molar-refractivity contribution in [3.8, 4) is 0 Å².